The normalized spacial score (nSPS) is 10.5. The number of carbonyl (C=O) groups excluding carboxylic acids is 1. The molecule has 5 heteroatoms. The number of Topliss-reactive ketones (excluding diaryl/α,β-unsaturated/α-hetero) is 1. The number of ketones is 1. The van der Waals surface area contributed by atoms with Gasteiger partial charge in [0.1, 0.15) is 5.01 Å². The molecule has 0 saturated carbocycles. The molecule has 0 aliphatic rings. The van der Waals surface area contributed by atoms with E-state index in [-0.39, 0.29) is 5.78 Å². The third kappa shape index (κ3) is 3.15. The predicted molar refractivity (Wildman–Crippen MR) is 74.0 cm³/mol. The Balaban J connectivity index is 2.17. The van der Waals surface area contributed by atoms with Gasteiger partial charge >= 0.3 is 0 Å². The molecule has 0 aliphatic heterocycles. The van der Waals surface area contributed by atoms with Gasteiger partial charge in [-0.25, -0.2) is 4.98 Å². The molecule has 0 spiro atoms. The van der Waals surface area contributed by atoms with Gasteiger partial charge in [-0.2, -0.15) is 0 Å². The summed E-state index contributed by atoms with van der Waals surface area (Å²) in [5.74, 6) is 0.0525. The van der Waals surface area contributed by atoms with Crippen molar-refractivity contribution >= 4 is 44.7 Å². The predicted octanol–water partition coefficient (Wildman–Crippen LogP) is 4.29. The van der Waals surface area contributed by atoms with Gasteiger partial charge in [0.25, 0.3) is 0 Å². The first-order valence-electron chi connectivity index (χ1n) is 4.95. The number of nitrogens with zero attached hydrogens (tertiary/aromatic N) is 1. The lowest BCUT2D eigenvalue weighted by Crippen LogP contribution is -2.03. The van der Waals surface area contributed by atoms with Crippen LogP contribution < -0.4 is 0 Å². The van der Waals surface area contributed by atoms with E-state index in [1.54, 1.807) is 18.2 Å². The smallest absolute Gasteiger partial charge is 0.169 e. The largest absolute Gasteiger partial charge is 0.294 e. The zero-order valence-electron chi connectivity index (χ0n) is 9.04. The van der Waals surface area contributed by atoms with Crippen LogP contribution in [0.25, 0.3) is 0 Å². The minimum Gasteiger partial charge on any atom is -0.294 e. The molecule has 1 heterocycles. The van der Waals surface area contributed by atoms with E-state index in [2.05, 4.69) is 20.9 Å². The Labute approximate surface area is 117 Å². The van der Waals surface area contributed by atoms with E-state index in [0.717, 1.165) is 15.2 Å². The minimum absolute atomic E-state index is 0.0525. The summed E-state index contributed by atoms with van der Waals surface area (Å²) in [4.78, 5) is 16.3. The topological polar surface area (TPSA) is 30.0 Å². The molecule has 0 amide bonds. The van der Waals surface area contributed by atoms with E-state index in [1.807, 2.05) is 12.3 Å². The molecule has 2 rings (SSSR count). The maximum atomic E-state index is 12.0. The van der Waals surface area contributed by atoms with Gasteiger partial charge in [0, 0.05) is 21.1 Å². The van der Waals surface area contributed by atoms with Gasteiger partial charge in [-0.1, -0.05) is 11.6 Å². The molecule has 0 unspecified atom stereocenters. The Morgan fingerprint density at radius 2 is 2.29 bits per heavy atom. The summed E-state index contributed by atoms with van der Waals surface area (Å²) in [6, 6.07) is 5.19. The highest BCUT2D eigenvalue weighted by atomic mass is 79.9. The van der Waals surface area contributed by atoms with E-state index in [4.69, 9.17) is 11.6 Å². The number of aryl methyl sites for hydroxylation is 1. The van der Waals surface area contributed by atoms with Gasteiger partial charge in [0.15, 0.2) is 5.78 Å². The molecule has 2 aromatic rings. The number of benzene rings is 1. The zero-order chi connectivity index (χ0) is 12.4. The first-order chi connectivity index (χ1) is 8.06. The van der Waals surface area contributed by atoms with Crippen molar-refractivity contribution in [3.8, 4) is 0 Å². The summed E-state index contributed by atoms with van der Waals surface area (Å²) in [6.07, 6.45) is 0.340. The number of halogens is 2. The lowest BCUT2D eigenvalue weighted by molar-refractivity contribution is 0.0993. The molecule has 0 aliphatic carbocycles. The van der Waals surface area contributed by atoms with Crippen LogP contribution in [0.15, 0.2) is 28.1 Å². The van der Waals surface area contributed by atoms with Crippen molar-refractivity contribution in [3.05, 3.63) is 49.3 Å². The van der Waals surface area contributed by atoms with Crippen molar-refractivity contribution in [3.63, 3.8) is 0 Å². The summed E-state index contributed by atoms with van der Waals surface area (Å²) < 4.78 is 0.736. The van der Waals surface area contributed by atoms with Gasteiger partial charge in [0.05, 0.1) is 11.4 Å². The number of hydrogen-bond donors (Lipinski definition) is 0. The molecular weight excluding hydrogens is 322 g/mol. The van der Waals surface area contributed by atoms with Gasteiger partial charge in [-0.3, -0.25) is 4.79 Å². The van der Waals surface area contributed by atoms with E-state index < -0.39 is 0 Å². The Kier molecular flexibility index (Phi) is 3.97. The summed E-state index contributed by atoms with van der Waals surface area (Å²) in [5, 5.41) is 3.39. The molecule has 2 nitrogen and oxygen atoms in total. The van der Waals surface area contributed by atoms with Crippen molar-refractivity contribution in [2.24, 2.45) is 0 Å². The maximum Gasteiger partial charge on any atom is 0.169 e. The van der Waals surface area contributed by atoms with Crippen molar-refractivity contribution < 1.29 is 4.79 Å². The number of thiazole rings is 1. The van der Waals surface area contributed by atoms with Crippen molar-refractivity contribution in [2.75, 3.05) is 0 Å². The Hall–Kier alpha value is -0.710. The standard InChI is InChI=1S/C12H9BrClNOS/c1-7-6-17-12(15-7)5-11(16)8-2-3-10(14)9(13)4-8/h2-4,6H,5H2,1H3. The average Bonchev–Trinajstić information content (AvgIpc) is 2.68. The molecular formula is C12H9BrClNOS. The van der Waals surface area contributed by atoms with Crippen molar-refractivity contribution in [2.45, 2.75) is 13.3 Å². The molecule has 1 aromatic heterocycles. The molecule has 0 bridgehead atoms. The number of aromatic nitrogens is 1. The minimum atomic E-state index is 0.0525. The quantitative estimate of drug-likeness (QED) is 0.786. The van der Waals surface area contributed by atoms with Crippen molar-refractivity contribution in [1.82, 2.24) is 4.98 Å². The van der Waals surface area contributed by atoms with Crippen LogP contribution in [0.1, 0.15) is 21.1 Å². The van der Waals surface area contributed by atoms with Crippen LogP contribution in [-0.4, -0.2) is 10.8 Å². The molecule has 0 atom stereocenters. The second kappa shape index (κ2) is 5.29. The van der Waals surface area contributed by atoms with Crippen LogP contribution in [0.5, 0.6) is 0 Å². The fraction of sp³-hybridized carbons (Fsp3) is 0.167. The van der Waals surface area contributed by atoms with E-state index in [9.17, 15) is 4.79 Å². The molecule has 0 fully saturated rings. The lowest BCUT2D eigenvalue weighted by atomic mass is 10.1. The Morgan fingerprint density at radius 1 is 1.53 bits per heavy atom. The summed E-state index contributed by atoms with van der Waals surface area (Å²) >= 11 is 10.7. The van der Waals surface area contributed by atoms with Gasteiger partial charge in [-0.15, -0.1) is 11.3 Å². The molecule has 0 radical (unpaired) electrons. The highest BCUT2D eigenvalue weighted by Gasteiger charge is 2.11. The molecule has 88 valence electrons. The fourth-order valence-corrected chi connectivity index (χ4v) is 2.66. The zero-order valence-corrected chi connectivity index (χ0v) is 12.2. The number of carbonyl (C=O) groups is 1. The molecule has 1 aromatic carbocycles. The third-order valence-electron chi connectivity index (χ3n) is 2.22. The summed E-state index contributed by atoms with van der Waals surface area (Å²) in [7, 11) is 0. The molecule has 17 heavy (non-hydrogen) atoms. The van der Waals surface area contributed by atoms with Crippen LogP contribution in [0.4, 0.5) is 0 Å². The number of hydrogen-bond acceptors (Lipinski definition) is 3. The SMILES string of the molecule is Cc1csc(CC(=O)c2ccc(Cl)c(Br)c2)n1. The lowest BCUT2D eigenvalue weighted by Gasteiger charge is -2.01. The fourth-order valence-electron chi connectivity index (χ4n) is 1.39. The van der Waals surface area contributed by atoms with E-state index in [1.165, 1.54) is 11.3 Å². The van der Waals surface area contributed by atoms with Crippen LogP contribution in [0.3, 0.4) is 0 Å². The van der Waals surface area contributed by atoms with Crippen LogP contribution >= 0.6 is 38.9 Å². The van der Waals surface area contributed by atoms with Gasteiger partial charge < -0.3 is 0 Å². The van der Waals surface area contributed by atoms with Crippen LogP contribution in [0.2, 0.25) is 5.02 Å². The summed E-state index contributed by atoms with van der Waals surface area (Å²) in [5.41, 5.74) is 1.60. The maximum absolute atomic E-state index is 12.0. The van der Waals surface area contributed by atoms with Crippen LogP contribution in [0, 0.1) is 6.92 Å². The first kappa shape index (κ1) is 12.7. The van der Waals surface area contributed by atoms with Gasteiger partial charge in [0.2, 0.25) is 0 Å². The van der Waals surface area contributed by atoms with Gasteiger partial charge in [-0.05, 0) is 41.1 Å². The highest BCUT2D eigenvalue weighted by molar-refractivity contribution is 9.10. The van der Waals surface area contributed by atoms with E-state index >= 15 is 0 Å². The Bertz CT molecular complexity index is 567. The second-order valence-electron chi connectivity index (χ2n) is 3.61. The second-order valence-corrected chi connectivity index (χ2v) is 5.82. The molecule has 0 N–H and O–H groups in total. The van der Waals surface area contributed by atoms with E-state index in [0.29, 0.717) is 17.0 Å². The molecule has 0 saturated heterocycles. The average molecular weight is 331 g/mol. The monoisotopic (exact) mass is 329 g/mol. The Morgan fingerprint density at radius 3 is 2.88 bits per heavy atom. The summed E-state index contributed by atoms with van der Waals surface area (Å²) in [6.45, 7) is 1.92. The van der Waals surface area contributed by atoms with Crippen LogP contribution in [-0.2, 0) is 6.42 Å². The highest BCUT2D eigenvalue weighted by Crippen LogP contribution is 2.24. The first-order valence-corrected chi connectivity index (χ1v) is 7.00. The third-order valence-corrected chi connectivity index (χ3v) is 4.40. The van der Waals surface area contributed by atoms with Crippen molar-refractivity contribution in [1.29, 1.82) is 0 Å². The number of rotatable bonds is 3.